The van der Waals surface area contributed by atoms with Crippen LogP contribution in [0.15, 0.2) is 12.4 Å². The molecule has 0 atom stereocenters. The Labute approximate surface area is 109 Å². The monoisotopic (exact) mass is 269 g/mol. The SMILES string of the molecule is CCOC(=O)CNC(=O)CCn1cc(C(=O)O)cn1. The molecule has 0 aliphatic carbocycles. The van der Waals surface area contributed by atoms with E-state index >= 15 is 0 Å². The fourth-order valence-electron chi connectivity index (χ4n) is 1.28. The summed E-state index contributed by atoms with van der Waals surface area (Å²) in [6, 6.07) is 0. The lowest BCUT2D eigenvalue weighted by Crippen LogP contribution is -2.31. The molecule has 104 valence electrons. The van der Waals surface area contributed by atoms with Crippen molar-refractivity contribution < 1.29 is 24.2 Å². The predicted octanol–water partition coefficient (Wildman–Crippen LogP) is -0.349. The molecule has 19 heavy (non-hydrogen) atoms. The van der Waals surface area contributed by atoms with Crippen molar-refractivity contribution in [3.05, 3.63) is 18.0 Å². The Morgan fingerprint density at radius 3 is 2.79 bits per heavy atom. The molecule has 0 radical (unpaired) electrons. The van der Waals surface area contributed by atoms with Gasteiger partial charge in [-0.3, -0.25) is 14.3 Å². The molecule has 0 aromatic carbocycles. The number of aryl methyl sites for hydroxylation is 1. The Morgan fingerprint density at radius 2 is 2.21 bits per heavy atom. The molecule has 0 unspecified atom stereocenters. The highest BCUT2D eigenvalue weighted by Gasteiger charge is 2.08. The summed E-state index contributed by atoms with van der Waals surface area (Å²) in [5.41, 5.74) is 0.0620. The number of aromatic carboxylic acids is 1. The van der Waals surface area contributed by atoms with Gasteiger partial charge in [-0.2, -0.15) is 5.10 Å². The number of nitrogens with zero attached hydrogens (tertiary/aromatic N) is 2. The van der Waals surface area contributed by atoms with Crippen LogP contribution in [0.2, 0.25) is 0 Å². The van der Waals surface area contributed by atoms with Gasteiger partial charge in [-0.1, -0.05) is 0 Å². The van der Waals surface area contributed by atoms with E-state index in [0.717, 1.165) is 0 Å². The molecule has 1 rings (SSSR count). The summed E-state index contributed by atoms with van der Waals surface area (Å²) in [5, 5.41) is 14.9. The lowest BCUT2D eigenvalue weighted by Gasteiger charge is -2.04. The van der Waals surface area contributed by atoms with E-state index in [0.29, 0.717) is 0 Å². The van der Waals surface area contributed by atoms with E-state index in [9.17, 15) is 14.4 Å². The van der Waals surface area contributed by atoms with E-state index in [4.69, 9.17) is 5.11 Å². The zero-order valence-corrected chi connectivity index (χ0v) is 10.5. The maximum atomic E-state index is 11.4. The summed E-state index contributed by atoms with van der Waals surface area (Å²) in [6.45, 7) is 2.01. The first-order chi connectivity index (χ1) is 9.02. The molecule has 0 bridgehead atoms. The standard InChI is InChI=1S/C11H15N3O5/c1-2-19-10(16)6-12-9(15)3-4-14-7-8(5-13-14)11(17)18/h5,7H,2-4,6H2,1H3,(H,12,15)(H,17,18). The summed E-state index contributed by atoms with van der Waals surface area (Å²) in [5.74, 6) is -1.90. The number of carbonyl (C=O) groups is 3. The zero-order chi connectivity index (χ0) is 14.3. The van der Waals surface area contributed by atoms with Crippen LogP contribution in [-0.4, -0.2) is 45.9 Å². The Bertz CT molecular complexity index is 469. The van der Waals surface area contributed by atoms with Crippen LogP contribution in [0.5, 0.6) is 0 Å². The number of carboxylic acids is 1. The van der Waals surface area contributed by atoms with Crippen LogP contribution in [0.1, 0.15) is 23.7 Å². The normalized spacial score (nSPS) is 9.95. The molecule has 0 aliphatic rings. The van der Waals surface area contributed by atoms with Gasteiger partial charge < -0.3 is 15.2 Å². The quantitative estimate of drug-likeness (QED) is 0.655. The number of hydrogen-bond donors (Lipinski definition) is 2. The lowest BCUT2D eigenvalue weighted by molar-refractivity contribution is -0.143. The first-order valence-corrected chi connectivity index (χ1v) is 5.71. The third-order valence-electron chi connectivity index (χ3n) is 2.18. The van der Waals surface area contributed by atoms with E-state index < -0.39 is 11.9 Å². The van der Waals surface area contributed by atoms with Crippen molar-refractivity contribution in [3.63, 3.8) is 0 Å². The molecule has 1 amide bonds. The van der Waals surface area contributed by atoms with Gasteiger partial charge >= 0.3 is 11.9 Å². The maximum absolute atomic E-state index is 11.4. The molecule has 2 N–H and O–H groups in total. The second-order valence-corrected chi connectivity index (χ2v) is 3.63. The smallest absolute Gasteiger partial charge is 0.338 e. The molecule has 1 aromatic heterocycles. The van der Waals surface area contributed by atoms with Crippen LogP contribution in [0.25, 0.3) is 0 Å². The minimum atomic E-state index is -1.07. The first-order valence-electron chi connectivity index (χ1n) is 5.71. The van der Waals surface area contributed by atoms with Crippen molar-refractivity contribution in [1.29, 1.82) is 0 Å². The predicted molar refractivity (Wildman–Crippen MR) is 63.4 cm³/mol. The fourth-order valence-corrected chi connectivity index (χ4v) is 1.28. The third-order valence-corrected chi connectivity index (χ3v) is 2.18. The van der Waals surface area contributed by atoms with Crippen LogP contribution < -0.4 is 5.32 Å². The molecule has 1 heterocycles. The van der Waals surface area contributed by atoms with E-state index in [-0.39, 0.29) is 37.6 Å². The van der Waals surface area contributed by atoms with Crippen molar-refractivity contribution >= 4 is 17.8 Å². The number of hydrogen-bond acceptors (Lipinski definition) is 5. The molecule has 0 aliphatic heterocycles. The molecule has 1 aromatic rings. The first kappa shape index (κ1) is 14.7. The number of aromatic nitrogens is 2. The van der Waals surface area contributed by atoms with Gasteiger partial charge in [0.2, 0.25) is 5.91 Å². The zero-order valence-electron chi connectivity index (χ0n) is 10.5. The molecule has 0 fully saturated rings. The Kier molecular flexibility index (Phi) is 5.52. The number of ether oxygens (including phenoxy) is 1. The second-order valence-electron chi connectivity index (χ2n) is 3.63. The van der Waals surface area contributed by atoms with Gasteiger partial charge in [0, 0.05) is 19.2 Å². The number of amides is 1. The molecular formula is C11H15N3O5. The summed E-state index contributed by atoms with van der Waals surface area (Å²) in [7, 11) is 0. The van der Waals surface area contributed by atoms with Gasteiger partial charge in [0.15, 0.2) is 0 Å². The molecular weight excluding hydrogens is 254 g/mol. The number of rotatable bonds is 7. The minimum Gasteiger partial charge on any atom is -0.478 e. The Balaban J connectivity index is 2.29. The molecule has 0 saturated heterocycles. The van der Waals surface area contributed by atoms with Crippen molar-refractivity contribution in [2.45, 2.75) is 19.9 Å². The Hall–Kier alpha value is -2.38. The van der Waals surface area contributed by atoms with Crippen LogP contribution in [-0.2, 0) is 20.9 Å². The fraction of sp³-hybridized carbons (Fsp3) is 0.455. The average molecular weight is 269 g/mol. The second kappa shape index (κ2) is 7.14. The topological polar surface area (TPSA) is 111 Å². The van der Waals surface area contributed by atoms with Crippen molar-refractivity contribution in [1.82, 2.24) is 15.1 Å². The van der Waals surface area contributed by atoms with Crippen LogP contribution >= 0.6 is 0 Å². The molecule has 0 spiro atoms. The molecule has 0 saturated carbocycles. The number of carbonyl (C=O) groups excluding carboxylic acids is 2. The Morgan fingerprint density at radius 1 is 1.47 bits per heavy atom. The van der Waals surface area contributed by atoms with Gasteiger partial charge in [-0.25, -0.2) is 4.79 Å². The molecule has 8 nitrogen and oxygen atoms in total. The van der Waals surface area contributed by atoms with Crippen LogP contribution in [0, 0.1) is 0 Å². The minimum absolute atomic E-state index is 0.0620. The van der Waals surface area contributed by atoms with Crippen LogP contribution in [0.3, 0.4) is 0 Å². The number of esters is 1. The van der Waals surface area contributed by atoms with E-state index in [1.54, 1.807) is 6.92 Å². The summed E-state index contributed by atoms with van der Waals surface area (Å²) in [6.07, 6.45) is 2.64. The van der Waals surface area contributed by atoms with Gasteiger partial charge in [0.1, 0.15) is 6.54 Å². The van der Waals surface area contributed by atoms with Gasteiger partial charge in [0.05, 0.1) is 18.4 Å². The van der Waals surface area contributed by atoms with Gasteiger partial charge in [0.25, 0.3) is 0 Å². The molecule has 8 heteroatoms. The number of carboxylic acid groups (broad SMARTS) is 1. The number of nitrogens with one attached hydrogen (secondary N) is 1. The average Bonchev–Trinajstić information content (AvgIpc) is 2.83. The van der Waals surface area contributed by atoms with Gasteiger partial charge in [-0.15, -0.1) is 0 Å². The summed E-state index contributed by atoms with van der Waals surface area (Å²) in [4.78, 5) is 33.0. The van der Waals surface area contributed by atoms with Crippen molar-refractivity contribution in [3.8, 4) is 0 Å². The highest BCUT2D eigenvalue weighted by Crippen LogP contribution is 1.98. The summed E-state index contributed by atoms with van der Waals surface area (Å²) >= 11 is 0. The lowest BCUT2D eigenvalue weighted by atomic mass is 10.3. The van der Waals surface area contributed by atoms with Gasteiger partial charge in [-0.05, 0) is 6.92 Å². The highest BCUT2D eigenvalue weighted by molar-refractivity contribution is 5.86. The summed E-state index contributed by atoms with van der Waals surface area (Å²) < 4.78 is 6.00. The van der Waals surface area contributed by atoms with E-state index in [1.165, 1.54) is 17.1 Å². The van der Waals surface area contributed by atoms with E-state index in [2.05, 4.69) is 15.2 Å². The van der Waals surface area contributed by atoms with Crippen molar-refractivity contribution in [2.24, 2.45) is 0 Å². The highest BCUT2D eigenvalue weighted by atomic mass is 16.5. The third kappa shape index (κ3) is 5.19. The van der Waals surface area contributed by atoms with Crippen molar-refractivity contribution in [2.75, 3.05) is 13.2 Å². The van der Waals surface area contributed by atoms with Crippen LogP contribution in [0.4, 0.5) is 0 Å². The largest absolute Gasteiger partial charge is 0.478 e. The maximum Gasteiger partial charge on any atom is 0.338 e. The van der Waals surface area contributed by atoms with E-state index in [1.807, 2.05) is 0 Å².